The van der Waals surface area contributed by atoms with Gasteiger partial charge in [-0.3, -0.25) is 0 Å². The molecule has 1 aromatic rings. The summed E-state index contributed by atoms with van der Waals surface area (Å²) in [5, 5.41) is 9.22. The summed E-state index contributed by atoms with van der Waals surface area (Å²) in [4.78, 5) is 1.18. The molecule has 1 aliphatic rings. The van der Waals surface area contributed by atoms with Gasteiger partial charge in [0, 0.05) is 9.37 Å². The zero-order chi connectivity index (χ0) is 10.9. The number of hydrogen-bond donors (Lipinski definition) is 0. The number of hydrogen-bond acceptors (Lipinski definition) is 2. The number of halogens is 1. The Hall–Kier alpha value is -0.460. The van der Waals surface area contributed by atoms with Crippen molar-refractivity contribution in [3.8, 4) is 6.07 Å². The van der Waals surface area contributed by atoms with Crippen molar-refractivity contribution in [2.24, 2.45) is 5.92 Å². The average Bonchev–Trinajstić information content (AvgIpc) is 2.96. The molecule has 0 saturated heterocycles. The molecule has 2 atom stereocenters. The highest BCUT2D eigenvalue weighted by Crippen LogP contribution is 2.58. The molecule has 0 aliphatic heterocycles. The third kappa shape index (κ3) is 2.07. The average molecular weight is 282 g/mol. The lowest BCUT2D eigenvalue weighted by atomic mass is 10.3. The molecular weight excluding hydrogens is 270 g/mol. The first-order chi connectivity index (χ1) is 7.22. The highest BCUT2D eigenvalue weighted by Gasteiger charge is 2.54. The van der Waals surface area contributed by atoms with Crippen molar-refractivity contribution in [2.45, 2.75) is 29.4 Å². The molecule has 0 N–H and O–H groups in total. The van der Waals surface area contributed by atoms with Crippen LogP contribution in [0, 0.1) is 17.2 Å². The fraction of sp³-hybridized carbons (Fsp3) is 0.417. The minimum atomic E-state index is -0.154. The smallest absolute Gasteiger partial charge is 0.110 e. The van der Waals surface area contributed by atoms with Crippen LogP contribution in [0.4, 0.5) is 0 Å². The second-order valence-corrected chi connectivity index (χ2v) is 6.07. The van der Waals surface area contributed by atoms with E-state index in [4.69, 9.17) is 0 Å². The third-order valence-corrected chi connectivity index (χ3v) is 5.35. The van der Waals surface area contributed by atoms with Crippen molar-refractivity contribution >= 4 is 27.7 Å². The van der Waals surface area contributed by atoms with Gasteiger partial charge in [0.25, 0.3) is 0 Å². The number of nitriles is 1. The topological polar surface area (TPSA) is 23.8 Å². The molecule has 15 heavy (non-hydrogen) atoms. The SMILES string of the molecule is CCC1CC1(C#N)Sc1ccccc1Br. The van der Waals surface area contributed by atoms with E-state index in [1.165, 1.54) is 4.90 Å². The van der Waals surface area contributed by atoms with Gasteiger partial charge in [0.2, 0.25) is 0 Å². The molecular formula is C12H12BrNS. The van der Waals surface area contributed by atoms with Crippen molar-refractivity contribution in [1.29, 1.82) is 5.26 Å². The summed E-state index contributed by atoms with van der Waals surface area (Å²) in [6.45, 7) is 2.16. The molecule has 1 saturated carbocycles. The maximum atomic E-state index is 9.22. The molecule has 3 heteroatoms. The lowest BCUT2D eigenvalue weighted by Gasteiger charge is -2.09. The molecule has 2 rings (SSSR count). The first-order valence-electron chi connectivity index (χ1n) is 5.06. The van der Waals surface area contributed by atoms with E-state index in [9.17, 15) is 5.26 Å². The number of thioether (sulfide) groups is 1. The summed E-state index contributed by atoms with van der Waals surface area (Å²) in [5.74, 6) is 0.569. The van der Waals surface area contributed by atoms with Crippen LogP contribution in [0.3, 0.4) is 0 Å². The fourth-order valence-electron chi connectivity index (χ4n) is 1.79. The predicted molar refractivity (Wildman–Crippen MR) is 66.7 cm³/mol. The molecule has 0 radical (unpaired) electrons. The van der Waals surface area contributed by atoms with Crippen molar-refractivity contribution in [3.63, 3.8) is 0 Å². The van der Waals surface area contributed by atoms with Crippen LogP contribution in [0.5, 0.6) is 0 Å². The number of benzene rings is 1. The second-order valence-electron chi connectivity index (χ2n) is 3.84. The van der Waals surface area contributed by atoms with Crippen molar-refractivity contribution < 1.29 is 0 Å². The molecule has 2 unspecified atom stereocenters. The largest absolute Gasteiger partial charge is 0.197 e. The highest BCUT2D eigenvalue weighted by molar-refractivity contribution is 9.10. The quantitative estimate of drug-likeness (QED) is 0.828. The lowest BCUT2D eigenvalue weighted by molar-refractivity contribution is 0.776. The third-order valence-electron chi connectivity index (χ3n) is 2.86. The summed E-state index contributed by atoms with van der Waals surface area (Å²) in [7, 11) is 0. The Morgan fingerprint density at radius 3 is 2.87 bits per heavy atom. The number of rotatable bonds is 3. The zero-order valence-electron chi connectivity index (χ0n) is 8.53. The van der Waals surface area contributed by atoms with Gasteiger partial charge in [0.1, 0.15) is 4.75 Å². The van der Waals surface area contributed by atoms with E-state index in [0.29, 0.717) is 5.92 Å². The predicted octanol–water partition coefficient (Wildman–Crippen LogP) is 4.23. The number of nitrogens with zero attached hydrogens (tertiary/aromatic N) is 1. The van der Waals surface area contributed by atoms with Crippen LogP contribution in [0.1, 0.15) is 19.8 Å². The Labute approximate surface area is 103 Å². The van der Waals surface area contributed by atoms with Crippen LogP contribution in [0.25, 0.3) is 0 Å². The van der Waals surface area contributed by atoms with Gasteiger partial charge in [-0.25, -0.2) is 0 Å². The highest BCUT2D eigenvalue weighted by atomic mass is 79.9. The van der Waals surface area contributed by atoms with E-state index in [1.807, 2.05) is 18.2 Å². The minimum Gasteiger partial charge on any atom is -0.197 e. The Morgan fingerprint density at radius 1 is 1.60 bits per heavy atom. The van der Waals surface area contributed by atoms with Crippen LogP contribution < -0.4 is 0 Å². The molecule has 0 heterocycles. The van der Waals surface area contributed by atoms with Crippen LogP contribution in [0.15, 0.2) is 33.6 Å². The summed E-state index contributed by atoms with van der Waals surface area (Å²) in [6, 6.07) is 10.6. The Morgan fingerprint density at radius 2 is 2.33 bits per heavy atom. The maximum absolute atomic E-state index is 9.22. The summed E-state index contributed by atoms with van der Waals surface area (Å²) < 4.78 is 0.935. The molecule has 1 aromatic carbocycles. The van der Waals surface area contributed by atoms with Gasteiger partial charge in [-0.15, -0.1) is 11.8 Å². The first-order valence-corrected chi connectivity index (χ1v) is 6.67. The zero-order valence-corrected chi connectivity index (χ0v) is 10.9. The van der Waals surface area contributed by atoms with Crippen LogP contribution in [-0.2, 0) is 0 Å². The van der Waals surface area contributed by atoms with E-state index in [1.54, 1.807) is 11.8 Å². The Bertz CT molecular complexity index is 412. The van der Waals surface area contributed by atoms with E-state index >= 15 is 0 Å². The van der Waals surface area contributed by atoms with Gasteiger partial charge in [0.05, 0.1) is 6.07 Å². The van der Waals surface area contributed by atoms with Gasteiger partial charge >= 0.3 is 0 Å². The molecule has 0 aromatic heterocycles. The van der Waals surface area contributed by atoms with Crippen molar-refractivity contribution in [3.05, 3.63) is 28.7 Å². The molecule has 1 aliphatic carbocycles. The molecule has 0 bridgehead atoms. The van der Waals surface area contributed by atoms with Crippen molar-refractivity contribution in [1.82, 2.24) is 0 Å². The molecule has 0 amide bonds. The standard InChI is InChI=1S/C12H12BrNS/c1-2-9-7-12(9,8-14)15-11-6-4-3-5-10(11)13/h3-6,9H,2,7H2,1H3. The first kappa shape index (κ1) is 11.0. The minimum absolute atomic E-state index is 0.154. The van der Waals surface area contributed by atoms with Gasteiger partial charge < -0.3 is 0 Å². The van der Waals surface area contributed by atoms with Gasteiger partial charge in [-0.05, 0) is 40.4 Å². The summed E-state index contributed by atoms with van der Waals surface area (Å²) in [6.07, 6.45) is 2.14. The van der Waals surface area contributed by atoms with Gasteiger partial charge in [-0.1, -0.05) is 25.5 Å². The molecule has 78 valence electrons. The summed E-state index contributed by atoms with van der Waals surface area (Å²) >= 11 is 5.23. The van der Waals surface area contributed by atoms with E-state index < -0.39 is 0 Å². The van der Waals surface area contributed by atoms with Gasteiger partial charge in [-0.2, -0.15) is 5.26 Å². The summed E-state index contributed by atoms with van der Waals surface area (Å²) in [5.41, 5.74) is 0. The van der Waals surface area contributed by atoms with E-state index in [2.05, 4.69) is 35.0 Å². The Kier molecular flexibility index (Phi) is 3.08. The van der Waals surface area contributed by atoms with Crippen LogP contribution in [-0.4, -0.2) is 4.75 Å². The van der Waals surface area contributed by atoms with E-state index in [0.717, 1.165) is 17.3 Å². The van der Waals surface area contributed by atoms with Crippen LogP contribution >= 0.6 is 27.7 Å². The fourth-order valence-corrected chi connectivity index (χ4v) is 3.69. The Balaban J connectivity index is 2.17. The van der Waals surface area contributed by atoms with Gasteiger partial charge in [0.15, 0.2) is 0 Å². The van der Waals surface area contributed by atoms with Crippen molar-refractivity contribution in [2.75, 3.05) is 0 Å². The lowest BCUT2D eigenvalue weighted by Crippen LogP contribution is -2.02. The maximum Gasteiger partial charge on any atom is 0.110 e. The second kappa shape index (κ2) is 4.19. The molecule has 1 nitrogen and oxygen atoms in total. The molecule has 0 spiro atoms. The molecule has 1 fully saturated rings. The monoisotopic (exact) mass is 281 g/mol. The normalized spacial score (nSPS) is 28.5. The van der Waals surface area contributed by atoms with E-state index in [-0.39, 0.29) is 4.75 Å². The van der Waals surface area contributed by atoms with Crippen LogP contribution in [0.2, 0.25) is 0 Å².